The Hall–Kier alpha value is -2.96. The van der Waals surface area contributed by atoms with E-state index < -0.39 is 27.9 Å². The molecule has 12 heteroatoms. The van der Waals surface area contributed by atoms with E-state index in [9.17, 15) is 22.8 Å². The van der Waals surface area contributed by atoms with Crippen molar-refractivity contribution in [2.24, 2.45) is 5.73 Å². The van der Waals surface area contributed by atoms with Gasteiger partial charge in [0.1, 0.15) is 5.00 Å². The van der Waals surface area contributed by atoms with Crippen molar-refractivity contribution in [3.05, 3.63) is 45.8 Å². The fraction of sp³-hybridized carbons (Fsp3) is 0.409. The highest BCUT2D eigenvalue weighted by molar-refractivity contribution is 7.89. The second-order valence-corrected chi connectivity index (χ2v) is 11.0. The van der Waals surface area contributed by atoms with Crippen molar-refractivity contribution in [3.63, 3.8) is 0 Å². The lowest BCUT2D eigenvalue weighted by atomic mass is 10.0. The van der Waals surface area contributed by atoms with Crippen LogP contribution in [-0.4, -0.2) is 62.8 Å². The van der Waals surface area contributed by atoms with Crippen LogP contribution in [0, 0.1) is 0 Å². The molecule has 0 saturated carbocycles. The highest BCUT2D eigenvalue weighted by Crippen LogP contribution is 2.37. The maximum Gasteiger partial charge on any atom is 0.409 e. The third-order valence-corrected chi connectivity index (χ3v) is 8.62. The molecule has 10 nitrogen and oxygen atoms in total. The van der Waals surface area contributed by atoms with Crippen LogP contribution in [0.1, 0.15) is 50.9 Å². The molecule has 0 aliphatic carbocycles. The van der Waals surface area contributed by atoms with Crippen LogP contribution >= 0.6 is 11.3 Å². The smallest absolute Gasteiger partial charge is 0.409 e. The first kappa shape index (κ1) is 25.7. The molecule has 2 aromatic rings. The molecule has 1 aromatic heterocycles. The Kier molecular flexibility index (Phi) is 7.95. The molecule has 34 heavy (non-hydrogen) atoms. The number of benzene rings is 1. The number of methoxy groups -OCH3 is 1. The van der Waals surface area contributed by atoms with E-state index in [1.54, 1.807) is 0 Å². The monoisotopic (exact) mass is 508 g/mol. The lowest BCUT2D eigenvalue weighted by Gasteiger charge is -2.25. The van der Waals surface area contributed by atoms with Crippen molar-refractivity contribution < 1.29 is 27.5 Å². The number of nitrogens with zero attached hydrogens (tertiary/aromatic N) is 2. The number of anilines is 1. The Morgan fingerprint density at radius 1 is 1.24 bits per heavy atom. The summed E-state index contributed by atoms with van der Waals surface area (Å²) in [7, 11) is -0.824. The number of thiophene rings is 1. The molecule has 1 aliphatic heterocycles. The summed E-state index contributed by atoms with van der Waals surface area (Å²) in [5, 5.41) is 3.01. The maximum atomic E-state index is 12.9. The van der Waals surface area contributed by atoms with Crippen LogP contribution in [0.3, 0.4) is 0 Å². The van der Waals surface area contributed by atoms with Gasteiger partial charge in [0.15, 0.2) is 0 Å². The Labute approximate surface area is 202 Å². The molecule has 3 amide bonds. The lowest BCUT2D eigenvalue weighted by Crippen LogP contribution is -2.35. The Morgan fingerprint density at radius 2 is 1.91 bits per heavy atom. The first-order chi connectivity index (χ1) is 16.1. The number of unbranched alkanes of at least 4 members (excludes halogenated alkanes) is 1. The zero-order valence-electron chi connectivity index (χ0n) is 19.3. The summed E-state index contributed by atoms with van der Waals surface area (Å²) >= 11 is 1.18. The van der Waals surface area contributed by atoms with Crippen molar-refractivity contribution in [1.29, 1.82) is 0 Å². The van der Waals surface area contributed by atoms with E-state index in [1.807, 2.05) is 6.92 Å². The van der Waals surface area contributed by atoms with E-state index >= 15 is 0 Å². The summed E-state index contributed by atoms with van der Waals surface area (Å²) in [5.41, 5.74) is 6.76. The summed E-state index contributed by atoms with van der Waals surface area (Å²) in [6, 6.07) is 5.61. The van der Waals surface area contributed by atoms with Gasteiger partial charge in [-0.1, -0.05) is 13.3 Å². The van der Waals surface area contributed by atoms with E-state index in [-0.39, 0.29) is 22.6 Å². The van der Waals surface area contributed by atoms with Gasteiger partial charge in [-0.3, -0.25) is 9.59 Å². The van der Waals surface area contributed by atoms with Crippen LogP contribution in [0.4, 0.5) is 9.80 Å². The number of hydrogen-bond acceptors (Lipinski definition) is 7. The molecule has 0 unspecified atom stereocenters. The molecule has 0 radical (unpaired) electrons. The number of rotatable bonds is 8. The van der Waals surface area contributed by atoms with Crippen LogP contribution < -0.4 is 11.1 Å². The molecule has 0 bridgehead atoms. The normalized spacial score (nSPS) is 13.5. The predicted octanol–water partition coefficient (Wildman–Crippen LogP) is 2.64. The quantitative estimate of drug-likeness (QED) is 0.562. The van der Waals surface area contributed by atoms with Crippen molar-refractivity contribution in [2.75, 3.05) is 32.6 Å². The van der Waals surface area contributed by atoms with Crippen molar-refractivity contribution in [1.82, 2.24) is 9.21 Å². The molecule has 0 atom stereocenters. The summed E-state index contributed by atoms with van der Waals surface area (Å²) in [6.07, 6.45) is 1.56. The fourth-order valence-electron chi connectivity index (χ4n) is 3.67. The van der Waals surface area contributed by atoms with Crippen molar-refractivity contribution in [3.8, 4) is 0 Å². The van der Waals surface area contributed by atoms with Gasteiger partial charge in [0.05, 0.1) is 24.1 Å². The first-order valence-corrected chi connectivity index (χ1v) is 13.0. The number of hydrogen-bond donors (Lipinski definition) is 2. The Bertz CT molecular complexity index is 1190. The zero-order valence-corrected chi connectivity index (χ0v) is 20.9. The topological polar surface area (TPSA) is 139 Å². The Balaban J connectivity index is 1.80. The second-order valence-electron chi connectivity index (χ2n) is 7.87. The van der Waals surface area contributed by atoms with Crippen LogP contribution in [0.5, 0.6) is 0 Å². The van der Waals surface area contributed by atoms with E-state index in [0.717, 1.165) is 17.7 Å². The minimum Gasteiger partial charge on any atom is -0.453 e. The largest absolute Gasteiger partial charge is 0.453 e. The lowest BCUT2D eigenvalue weighted by molar-refractivity contribution is 0.0999. The van der Waals surface area contributed by atoms with E-state index in [1.165, 1.54) is 59.0 Å². The van der Waals surface area contributed by atoms with Crippen molar-refractivity contribution >= 4 is 44.3 Å². The number of fused-ring (bicyclic) bond motifs is 1. The number of nitrogens with one attached hydrogen (secondary N) is 1. The number of sulfonamides is 1. The van der Waals surface area contributed by atoms with Crippen LogP contribution in [0.2, 0.25) is 0 Å². The van der Waals surface area contributed by atoms with Gasteiger partial charge < -0.3 is 20.7 Å². The third-order valence-electron chi connectivity index (χ3n) is 5.61. The highest BCUT2D eigenvalue weighted by atomic mass is 32.2. The minimum atomic E-state index is -3.65. The molecule has 0 saturated heterocycles. The molecule has 1 aromatic carbocycles. The predicted molar refractivity (Wildman–Crippen MR) is 128 cm³/mol. The van der Waals surface area contributed by atoms with Gasteiger partial charge in [0.25, 0.3) is 11.8 Å². The van der Waals surface area contributed by atoms with Gasteiger partial charge in [-0.25, -0.2) is 17.5 Å². The van der Waals surface area contributed by atoms with Crippen LogP contribution in [0.25, 0.3) is 0 Å². The second kappa shape index (κ2) is 10.5. The van der Waals surface area contributed by atoms with Crippen molar-refractivity contribution in [2.45, 2.75) is 37.6 Å². The van der Waals surface area contributed by atoms with Gasteiger partial charge in [-0.05, 0) is 42.7 Å². The standard InChI is InChI=1S/C22H28N4O6S2/c1-4-5-11-25(2)34(30,31)15-8-6-14(7-9-15)20(28)24-21-18(19(23)27)16-10-12-26(22(29)32-3)13-17(16)33-21/h6-9H,4-5,10-13H2,1-3H3,(H2,23,27)(H,24,28). The molecular formula is C22H28N4O6S2. The molecule has 3 rings (SSSR count). The number of ether oxygens (including phenoxy) is 1. The highest BCUT2D eigenvalue weighted by Gasteiger charge is 2.30. The number of primary amides is 1. The molecule has 0 spiro atoms. The van der Waals surface area contributed by atoms with Crippen LogP contribution in [0.15, 0.2) is 29.2 Å². The molecule has 184 valence electrons. The van der Waals surface area contributed by atoms with Gasteiger partial charge in [-0.2, -0.15) is 0 Å². The molecule has 2 heterocycles. The molecule has 0 fully saturated rings. The van der Waals surface area contributed by atoms with E-state index in [0.29, 0.717) is 30.1 Å². The SMILES string of the molecule is CCCCN(C)S(=O)(=O)c1ccc(C(=O)Nc2sc3c(c2C(N)=O)CCN(C(=O)OC)C3)cc1. The first-order valence-electron chi connectivity index (χ1n) is 10.7. The molecular weight excluding hydrogens is 480 g/mol. The third kappa shape index (κ3) is 5.24. The van der Waals surface area contributed by atoms with Gasteiger partial charge in [0, 0.05) is 30.6 Å². The average Bonchev–Trinajstić information content (AvgIpc) is 3.19. The summed E-state index contributed by atoms with van der Waals surface area (Å²) in [5.74, 6) is -1.18. The van der Waals surface area contributed by atoms with Crippen LogP contribution in [-0.2, 0) is 27.7 Å². The van der Waals surface area contributed by atoms with Gasteiger partial charge in [-0.15, -0.1) is 11.3 Å². The number of nitrogens with two attached hydrogens (primary N) is 1. The zero-order chi connectivity index (χ0) is 25.0. The minimum absolute atomic E-state index is 0.0926. The summed E-state index contributed by atoms with van der Waals surface area (Å²) < 4.78 is 31.4. The number of carbonyl (C=O) groups excluding carboxylic acids is 3. The van der Waals surface area contributed by atoms with Gasteiger partial charge in [0.2, 0.25) is 10.0 Å². The van der Waals surface area contributed by atoms with E-state index in [2.05, 4.69) is 5.32 Å². The van der Waals surface area contributed by atoms with Gasteiger partial charge >= 0.3 is 6.09 Å². The average molecular weight is 509 g/mol. The maximum absolute atomic E-state index is 12.9. The number of amides is 3. The Morgan fingerprint density at radius 3 is 2.50 bits per heavy atom. The fourth-order valence-corrected chi connectivity index (χ4v) is 6.14. The summed E-state index contributed by atoms with van der Waals surface area (Å²) in [6.45, 7) is 3.01. The molecule has 3 N–H and O–H groups in total. The van der Waals surface area contributed by atoms with E-state index in [4.69, 9.17) is 10.5 Å². The summed E-state index contributed by atoms with van der Waals surface area (Å²) in [4.78, 5) is 39.2. The molecule has 1 aliphatic rings. The number of carbonyl (C=O) groups is 3.